The molecular weight excluding hydrogens is 777 g/mol. The number of aromatic nitrogens is 2. The van der Waals surface area contributed by atoms with E-state index in [0.717, 1.165) is 11.4 Å². The molecule has 2 nitrogen and oxygen atoms in total. The molecule has 0 atom stereocenters. The molecule has 3 heteroatoms. The lowest BCUT2D eigenvalue weighted by Crippen LogP contribution is -2.75. The number of hydrogen-bond acceptors (Lipinski definition) is 0. The van der Waals surface area contributed by atoms with E-state index in [4.69, 9.17) is 0 Å². The van der Waals surface area contributed by atoms with Crippen LogP contribution in [0.3, 0.4) is 0 Å². The zero-order valence-electron chi connectivity index (χ0n) is 34.6. The summed E-state index contributed by atoms with van der Waals surface area (Å²) in [6, 6.07) is 94.4. The first kappa shape index (κ1) is 36.8. The SMILES string of the molecule is c1ccc(-c2cccc(-n3c4ccccc4c4ccc(-n5c6c(-c7ccccc7)cccc6c6cccc([Si](c7ccccc7)(c7ccccc7)c7ccccc7)c65)cc43)c2)cc1. The lowest BCUT2D eigenvalue weighted by molar-refractivity contribution is 1.16. The Morgan fingerprint density at radius 1 is 0.270 bits per heavy atom. The largest absolute Gasteiger partial charge is 0.309 e. The molecule has 63 heavy (non-hydrogen) atoms. The molecule has 0 bridgehead atoms. The number of nitrogens with zero attached hydrogens (tertiary/aromatic N) is 2. The van der Waals surface area contributed by atoms with Gasteiger partial charge in [0.25, 0.3) is 0 Å². The fourth-order valence-electron chi connectivity index (χ4n) is 10.4. The van der Waals surface area contributed by atoms with Gasteiger partial charge in [-0.25, -0.2) is 0 Å². The average molecular weight is 819 g/mol. The molecule has 0 spiro atoms. The first-order chi connectivity index (χ1) is 31.3. The van der Waals surface area contributed by atoms with Gasteiger partial charge in [-0.15, -0.1) is 0 Å². The summed E-state index contributed by atoms with van der Waals surface area (Å²) in [7, 11) is -3.00. The van der Waals surface area contributed by atoms with Crippen LogP contribution in [-0.4, -0.2) is 17.2 Å². The molecule has 0 radical (unpaired) electrons. The standard InChI is InChI=1S/C60H42N2Si/c1-6-21-43(22-7-1)45-25-18-26-46(41-45)61-56-37-17-16-33-52(56)53-40-39-47(42-57(53)61)62-59-51(44-23-8-2-9-24-44)34-19-35-54(59)55-36-20-38-58(60(55)62)63(48-27-10-3-11-28-48,49-29-12-4-13-30-49)50-31-14-5-15-32-50/h1-42H. The molecule has 296 valence electrons. The molecule has 0 saturated heterocycles. The van der Waals surface area contributed by atoms with Crippen LogP contribution in [0.4, 0.5) is 0 Å². The van der Waals surface area contributed by atoms with Crippen LogP contribution in [0.1, 0.15) is 0 Å². The van der Waals surface area contributed by atoms with Gasteiger partial charge in [-0.3, -0.25) is 0 Å². The van der Waals surface area contributed by atoms with Gasteiger partial charge in [0.2, 0.25) is 0 Å². The zero-order chi connectivity index (χ0) is 41.7. The lowest BCUT2D eigenvalue weighted by Gasteiger charge is -2.35. The smallest absolute Gasteiger partial charge is 0.181 e. The fraction of sp³-hybridized carbons (Fsp3) is 0. The van der Waals surface area contributed by atoms with Crippen molar-refractivity contribution in [3.8, 4) is 33.6 Å². The Balaban J connectivity index is 1.24. The van der Waals surface area contributed by atoms with Gasteiger partial charge < -0.3 is 9.13 Å². The Morgan fingerprint density at radius 3 is 1.40 bits per heavy atom. The highest BCUT2D eigenvalue weighted by atomic mass is 28.3. The van der Waals surface area contributed by atoms with Crippen molar-refractivity contribution >= 4 is 72.4 Å². The number of rotatable bonds is 8. The minimum Gasteiger partial charge on any atom is -0.309 e. The van der Waals surface area contributed by atoms with E-state index in [2.05, 4.69) is 264 Å². The second-order valence-electron chi connectivity index (χ2n) is 16.4. The van der Waals surface area contributed by atoms with Crippen LogP contribution in [0, 0.1) is 0 Å². The van der Waals surface area contributed by atoms with Gasteiger partial charge in [-0.2, -0.15) is 0 Å². The van der Waals surface area contributed by atoms with Crippen LogP contribution >= 0.6 is 0 Å². The third-order valence-corrected chi connectivity index (χ3v) is 17.9. The van der Waals surface area contributed by atoms with E-state index in [-0.39, 0.29) is 0 Å². The van der Waals surface area contributed by atoms with Crippen molar-refractivity contribution in [2.75, 3.05) is 0 Å². The van der Waals surface area contributed by atoms with Crippen molar-refractivity contribution in [1.29, 1.82) is 0 Å². The number of benzene rings is 10. The normalized spacial score (nSPS) is 11.8. The van der Waals surface area contributed by atoms with Crippen LogP contribution < -0.4 is 20.7 Å². The van der Waals surface area contributed by atoms with Crippen molar-refractivity contribution in [2.24, 2.45) is 0 Å². The van der Waals surface area contributed by atoms with Gasteiger partial charge in [-0.1, -0.05) is 224 Å². The maximum Gasteiger partial charge on any atom is 0.181 e. The summed E-state index contributed by atoms with van der Waals surface area (Å²) in [4.78, 5) is 0. The summed E-state index contributed by atoms with van der Waals surface area (Å²) in [6.45, 7) is 0. The van der Waals surface area contributed by atoms with Crippen molar-refractivity contribution < 1.29 is 0 Å². The zero-order valence-corrected chi connectivity index (χ0v) is 35.6. The number of fused-ring (bicyclic) bond motifs is 6. The van der Waals surface area contributed by atoms with Gasteiger partial charge >= 0.3 is 0 Å². The van der Waals surface area contributed by atoms with Crippen LogP contribution in [0.25, 0.3) is 77.2 Å². The van der Waals surface area contributed by atoms with Gasteiger partial charge in [0.15, 0.2) is 8.07 Å². The molecule has 0 unspecified atom stereocenters. The Morgan fingerprint density at radius 2 is 0.746 bits per heavy atom. The number of hydrogen-bond donors (Lipinski definition) is 0. The Bertz CT molecular complexity index is 3500. The second-order valence-corrected chi connectivity index (χ2v) is 20.2. The Hall–Kier alpha value is -7.98. The van der Waals surface area contributed by atoms with Crippen LogP contribution in [0.15, 0.2) is 255 Å². The Labute approximate surface area is 368 Å². The van der Waals surface area contributed by atoms with Crippen molar-refractivity contribution in [3.05, 3.63) is 255 Å². The summed E-state index contributed by atoms with van der Waals surface area (Å²) < 4.78 is 5.07. The molecule has 0 aliphatic carbocycles. The summed E-state index contributed by atoms with van der Waals surface area (Å²) in [5.74, 6) is 0. The van der Waals surface area contributed by atoms with Crippen molar-refractivity contribution in [1.82, 2.24) is 9.13 Å². The summed E-state index contributed by atoms with van der Waals surface area (Å²) in [5, 5.41) is 10.4. The predicted octanol–water partition coefficient (Wildman–Crippen LogP) is 12.6. The first-order valence-electron chi connectivity index (χ1n) is 21.8. The summed E-state index contributed by atoms with van der Waals surface area (Å²) >= 11 is 0. The third-order valence-electron chi connectivity index (χ3n) is 13.0. The molecule has 12 aromatic rings. The van der Waals surface area contributed by atoms with Crippen molar-refractivity contribution in [3.63, 3.8) is 0 Å². The lowest BCUT2D eigenvalue weighted by atomic mass is 10.0. The molecule has 0 amide bonds. The molecule has 2 heterocycles. The predicted molar refractivity (Wildman–Crippen MR) is 270 cm³/mol. The molecule has 0 N–H and O–H groups in total. The quantitative estimate of drug-likeness (QED) is 0.107. The third kappa shape index (κ3) is 5.85. The van der Waals surface area contributed by atoms with Gasteiger partial charge in [-0.05, 0) is 67.8 Å². The first-order valence-corrected chi connectivity index (χ1v) is 23.8. The van der Waals surface area contributed by atoms with Gasteiger partial charge in [0.1, 0.15) is 0 Å². The highest BCUT2D eigenvalue weighted by Crippen LogP contribution is 2.40. The maximum absolute atomic E-state index is 3.00. The van der Waals surface area contributed by atoms with E-state index in [1.54, 1.807) is 0 Å². The molecular formula is C60H42N2Si. The van der Waals surface area contributed by atoms with Gasteiger partial charge in [0, 0.05) is 38.5 Å². The molecule has 0 saturated carbocycles. The van der Waals surface area contributed by atoms with Crippen LogP contribution in [0.2, 0.25) is 0 Å². The van der Waals surface area contributed by atoms with E-state index < -0.39 is 8.07 Å². The minimum atomic E-state index is -3.00. The van der Waals surface area contributed by atoms with Crippen LogP contribution in [-0.2, 0) is 0 Å². The van der Waals surface area contributed by atoms with E-state index in [1.807, 2.05) is 0 Å². The Kier molecular flexibility index (Phi) is 8.87. The van der Waals surface area contributed by atoms with Crippen molar-refractivity contribution in [2.45, 2.75) is 0 Å². The van der Waals surface area contributed by atoms with E-state index >= 15 is 0 Å². The van der Waals surface area contributed by atoms with Crippen LogP contribution in [0.5, 0.6) is 0 Å². The summed E-state index contributed by atoms with van der Waals surface area (Å²) in [5.41, 5.74) is 11.9. The maximum atomic E-state index is 2.61. The fourth-order valence-corrected chi connectivity index (χ4v) is 15.3. The van der Waals surface area contributed by atoms with E-state index in [0.29, 0.717) is 0 Å². The second kappa shape index (κ2) is 15.2. The topological polar surface area (TPSA) is 9.86 Å². The minimum absolute atomic E-state index is 1.12. The summed E-state index contributed by atoms with van der Waals surface area (Å²) in [6.07, 6.45) is 0. The molecule has 2 aromatic heterocycles. The monoisotopic (exact) mass is 818 g/mol. The highest BCUT2D eigenvalue weighted by molar-refractivity contribution is 7.20. The molecule has 12 rings (SSSR count). The van der Waals surface area contributed by atoms with Gasteiger partial charge in [0.05, 0.1) is 22.1 Å². The molecule has 0 aliphatic heterocycles. The molecule has 10 aromatic carbocycles. The number of para-hydroxylation sites is 3. The van der Waals surface area contributed by atoms with E-state index in [1.165, 1.54) is 86.6 Å². The highest BCUT2D eigenvalue weighted by Gasteiger charge is 2.43. The van der Waals surface area contributed by atoms with E-state index in [9.17, 15) is 0 Å². The average Bonchev–Trinajstić information content (AvgIpc) is 3.89. The molecule has 0 aliphatic rings. The molecule has 0 fully saturated rings.